The number of benzene rings is 1. The molecule has 8 heteroatoms. The van der Waals surface area contributed by atoms with Gasteiger partial charge in [0.15, 0.2) is 0 Å². The van der Waals surface area contributed by atoms with Gasteiger partial charge in [-0.05, 0) is 121 Å². The van der Waals surface area contributed by atoms with Crippen molar-refractivity contribution >= 4 is 17.9 Å². The molecular weight excluding hydrogens is 472 g/mol. The van der Waals surface area contributed by atoms with E-state index in [1.165, 1.54) is 67.6 Å². The summed E-state index contributed by atoms with van der Waals surface area (Å²) in [6.45, 7) is 8.96. The Morgan fingerprint density at radius 1 is 1.08 bits per heavy atom. The lowest BCUT2D eigenvalue weighted by atomic mass is 9.84. The van der Waals surface area contributed by atoms with Gasteiger partial charge in [0.1, 0.15) is 12.4 Å². The van der Waals surface area contributed by atoms with Gasteiger partial charge in [0, 0.05) is 37.1 Å². The van der Waals surface area contributed by atoms with Crippen LogP contribution in [0.3, 0.4) is 0 Å². The molecular formula is C28H48N4O3S. The van der Waals surface area contributed by atoms with E-state index in [4.69, 9.17) is 9.47 Å². The van der Waals surface area contributed by atoms with Gasteiger partial charge in [-0.1, -0.05) is 0 Å². The van der Waals surface area contributed by atoms with Crippen molar-refractivity contribution in [1.82, 2.24) is 19.4 Å². The summed E-state index contributed by atoms with van der Waals surface area (Å²) < 4.78 is 13.3. The van der Waals surface area contributed by atoms with Crippen molar-refractivity contribution < 1.29 is 14.3 Å². The van der Waals surface area contributed by atoms with Crippen molar-refractivity contribution in [3.63, 3.8) is 0 Å². The first kappa shape index (κ1) is 29.2. The van der Waals surface area contributed by atoms with Crippen LogP contribution in [-0.2, 0) is 9.53 Å². The number of methoxy groups -OCH3 is 1. The maximum absolute atomic E-state index is 12.6. The van der Waals surface area contributed by atoms with Gasteiger partial charge in [-0.3, -0.25) is 4.79 Å². The predicted octanol–water partition coefficient (Wildman–Crippen LogP) is 3.97. The number of piperidine rings is 1. The molecule has 1 N–H and O–H groups in total. The average Bonchev–Trinajstić information content (AvgIpc) is 2.89. The number of aryl methyl sites for hydroxylation is 2. The first-order valence-electron chi connectivity index (χ1n) is 13.6. The fourth-order valence-electron chi connectivity index (χ4n) is 5.57. The molecule has 1 saturated heterocycles. The molecule has 0 unspecified atom stereocenters. The number of amides is 1. The standard InChI is InChI=1S/C28H48N4O3S/c1-21-17-26(34-6)18-22(2)28(21)36-31(5)15-16-35-20-27(33)30(4)19-23-7-9-25(10-8-23)32-13-11-24(29-3)12-14-32/h17-18,23-25,29H,7-16,19-20H2,1-6H3. The lowest BCUT2D eigenvalue weighted by molar-refractivity contribution is -0.135. The molecule has 1 aromatic rings. The third-order valence-electron chi connectivity index (χ3n) is 7.92. The van der Waals surface area contributed by atoms with Gasteiger partial charge < -0.3 is 24.6 Å². The Bertz CT molecular complexity index is 800. The Morgan fingerprint density at radius 2 is 1.72 bits per heavy atom. The third kappa shape index (κ3) is 8.62. The van der Waals surface area contributed by atoms with Crippen LogP contribution in [0.15, 0.2) is 17.0 Å². The van der Waals surface area contributed by atoms with Gasteiger partial charge in [-0.15, -0.1) is 0 Å². The molecule has 1 heterocycles. The van der Waals surface area contributed by atoms with Crippen molar-refractivity contribution in [2.45, 2.75) is 69.4 Å². The van der Waals surface area contributed by atoms with Gasteiger partial charge in [0.2, 0.25) is 5.91 Å². The molecule has 0 aromatic heterocycles. The molecule has 0 atom stereocenters. The van der Waals surface area contributed by atoms with Gasteiger partial charge in [0.25, 0.3) is 0 Å². The first-order chi connectivity index (χ1) is 17.3. The number of carbonyl (C=O) groups excluding carboxylic acids is 1. The number of hydrogen-bond acceptors (Lipinski definition) is 7. The summed E-state index contributed by atoms with van der Waals surface area (Å²) in [5, 5.41) is 3.43. The molecule has 1 aromatic carbocycles. The van der Waals surface area contributed by atoms with E-state index < -0.39 is 0 Å². The fourth-order valence-corrected chi connectivity index (χ4v) is 6.45. The molecule has 0 spiro atoms. The van der Waals surface area contributed by atoms with E-state index in [1.54, 1.807) is 19.1 Å². The molecule has 1 saturated carbocycles. The number of likely N-dealkylation sites (N-methyl/N-ethyl adjacent to an activating group) is 2. The van der Waals surface area contributed by atoms with Gasteiger partial charge in [0.05, 0.1) is 13.7 Å². The summed E-state index contributed by atoms with van der Waals surface area (Å²) in [5.74, 6) is 1.59. The van der Waals surface area contributed by atoms with Crippen LogP contribution in [0, 0.1) is 19.8 Å². The van der Waals surface area contributed by atoms with Crippen LogP contribution in [-0.4, -0.2) is 99.7 Å². The van der Waals surface area contributed by atoms with E-state index in [0.29, 0.717) is 18.6 Å². The van der Waals surface area contributed by atoms with Crippen molar-refractivity contribution in [1.29, 1.82) is 0 Å². The average molecular weight is 521 g/mol. The van der Waals surface area contributed by atoms with Crippen LogP contribution >= 0.6 is 11.9 Å². The van der Waals surface area contributed by atoms with E-state index in [1.807, 2.05) is 11.9 Å². The molecule has 36 heavy (non-hydrogen) atoms. The highest BCUT2D eigenvalue weighted by Gasteiger charge is 2.29. The molecule has 2 aliphatic rings. The van der Waals surface area contributed by atoms with Crippen LogP contribution in [0.25, 0.3) is 0 Å². The molecule has 0 bridgehead atoms. The minimum atomic E-state index is 0.0865. The van der Waals surface area contributed by atoms with Gasteiger partial charge in [-0.25, -0.2) is 4.31 Å². The van der Waals surface area contributed by atoms with Crippen LogP contribution in [0.4, 0.5) is 0 Å². The SMILES string of the molecule is CNC1CCN(C2CCC(CN(C)C(=O)COCCN(C)Sc3c(C)cc(OC)cc3C)CC2)CC1. The van der Waals surface area contributed by atoms with E-state index in [-0.39, 0.29) is 12.5 Å². The quantitative estimate of drug-likeness (QED) is 0.331. The van der Waals surface area contributed by atoms with Crippen molar-refractivity contribution in [3.8, 4) is 5.75 Å². The van der Waals surface area contributed by atoms with E-state index in [2.05, 4.69) is 54.6 Å². The van der Waals surface area contributed by atoms with Crippen LogP contribution in [0.2, 0.25) is 0 Å². The van der Waals surface area contributed by atoms with Gasteiger partial charge in [-0.2, -0.15) is 0 Å². The lowest BCUT2D eigenvalue weighted by Crippen LogP contribution is -2.47. The Labute approximate surface area is 223 Å². The predicted molar refractivity (Wildman–Crippen MR) is 149 cm³/mol. The number of ether oxygens (including phenoxy) is 2. The maximum Gasteiger partial charge on any atom is 0.248 e. The second-order valence-electron chi connectivity index (χ2n) is 10.6. The molecule has 204 valence electrons. The molecule has 0 radical (unpaired) electrons. The topological polar surface area (TPSA) is 57.3 Å². The Balaban J connectivity index is 1.29. The van der Waals surface area contributed by atoms with Crippen LogP contribution in [0.1, 0.15) is 49.7 Å². The van der Waals surface area contributed by atoms with E-state index >= 15 is 0 Å². The third-order valence-corrected chi connectivity index (χ3v) is 9.24. The molecule has 1 aliphatic carbocycles. The highest BCUT2D eigenvalue weighted by Crippen LogP contribution is 2.32. The smallest absolute Gasteiger partial charge is 0.248 e. The van der Waals surface area contributed by atoms with Crippen LogP contribution in [0.5, 0.6) is 5.75 Å². The highest BCUT2D eigenvalue weighted by molar-refractivity contribution is 7.97. The minimum Gasteiger partial charge on any atom is -0.497 e. The monoisotopic (exact) mass is 520 g/mol. The first-order valence-corrected chi connectivity index (χ1v) is 14.3. The summed E-state index contributed by atoms with van der Waals surface area (Å²) in [7, 11) is 7.77. The van der Waals surface area contributed by atoms with Crippen molar-refractivity contribution in [3.05, 3.63) is 23.3 Å². The van der Waals surface area contributed by atoms with Gasteiger partial charge >= 0.3 is 0 Å². The number of carbonyl (C=O) groups is 1. The summed E-state index contributed by atoms with van der Waals surface area (Å²) in [5.41, 5.74) is 2.41. The van der Waals surface area contributed by atoms with Crippen molar-refractivity contribution in [2.24, 2.45) is 5.92 Å². The second kappa shape index (κ2) is 14.6. The largest absolute Gasteiger partial charge is 0.497 e. The van der Waals surface area contributed by atoms with E-state index in [0.717, 1.165) is 24.9 Å². The fraction of sp³-hybridized carbons (Fsp3) is 0.750. The zero-order valence-corrected chi connectivity index (χ0v) is 24.2. The number of nitrogens with zero attached hydrogens (tertiary/aromatic N) is 3. The molecule has 2 fully saturated rings. The maximum atomic E-state index is 12.6. The lowest BCUT2D eigenvalue weighted by Gasteiger charge is -2.41. The molecule has 1 aliphatic heterocycles. The summed E-state index contributed by atoms with van der Waals surface area (Å²) in [6, 6.07) is 5.56. The number of nitrogens with one attached hydrogen (secondary N) is 1. The summed E-state index contributed by atoms with van der Waals surface area (Å²) in [4.78, 5) is 18.5. The Hall–Kier alpha value is -1.32. The number of likely N-dealkylation sites (tertiary alicyclic amines) is 1. The Morgan fingerprint density at radius 3 is 2.31 bits per heavy atom. The van der Waals surface area contributed by atoms with Crippen molar-refractivity contribution in [2.75, 3.05) is 67.6 Å². The second-order valence-corrected chi connectivity index (χ2v) is 11.8. The zero-order chi connectivity index (χ0) is 26.1. The van der Waals surface area contributed by atoms with E-state index in [9.17, 15) is 4.79 Å². The molecule has 7 nitrogen and oxygen atoms in total. The number of rotatable bonds is 12. The molecule has 3 rings (SSSR count). The normalized spacial score (nSPS) is 21.6. The zero-order valence-electron chi connectivity index (χ0n) is 23.3. The molecule has 1 amide bonds. The summed E-state index contributed by atoms with van der Waals surface area (Å²) in [6.07, 6.45) is 7.52. The number of hydrogen-bond donors (Lipinski definition) is 1. The summed E-state index contributed by atoms with van der Waals surface area (Å²) >= 11 is 1.71. The van der Waals surface area contributed by atoms with Crippen LogP contribution < -0.4 is 10.1 Å². The Kier molecular flexibility index (Phi) is 11.8. The highest BCUT2D eigenvalue weighted by atomic mass is 32.2. The minimum absolute atomic E-state index is 0.0865.